The summed E-state index contributed by atoms with van der Waals surface area (Å²) in [5.74, 6) is -4.15. The van der Waals surface area contributed by atoms with Crippen LogP contribution in [0.5, 0.6) is 0 Å². The van der Waals surface area contributed by atoms with E-state index in [1.807, 2.05) is 12.1 Å². The molecule has 200 valence electrons. The minimum absolute atomic E-state index is 0.0550. The topological polar surface area (TPSA) is 165 Å². The van der Waals surface area contributed by atoms with Crippen molar-refractivity contribution in [2.24, 2.45) is 5.11 Å². The highest BCUT2D eigenvalue weighted by Gasteiger charge is 2.36. The molecule has 0 saturated carbocycles. The van der Waals surface area contributed by atoms with Gasteiger partial charge in [-0.25, -0.2) is 4.39 Å². The lowest BCUT2D eigenvalue weighted by Gasteiger charge is -2.36. The first-order valence-electron chi connectivity index (χ1n) is 11.5. The minimum Gasteiger partial charge on any atom is -0.481 e. The highest BCUT2D eigenvalue weighted by atomic mass is 35.5. The van der Waals surface area contributed by atoms with Crippen LogP contribution in [0.25, 0.3) is 10.4 Å². The number of carbonyl (C=O) groups is 4. The lowest BCUT2D eigenvalue weighted by molar-refractivity contribution is -0.145. The predicted octanol–water partition coefficient (Wildman–Crippen LogP) is 4.07. The number of carboxylic acids is 1. The van der Waals surface area contributed by atoms with Crippen LogP contribution in [0, 0.1) is 5.82 Å². The number of fused-ring (bicyclic) bond motifs is 1. The van der Waals surface area contributed by atoms with Crippen LogP contribution in [0.4, 0.5) is 10.1 Å². The Labute approximate surface area is 226 Å². The zero-order valence-corrected chi connectivity index (χ0v) is 21.4. The van der Waals surface area contributed by atoms with E-state index < -0.39 is 53.0 Å². The quantitative estimate of drug-likeness (QED) is 0.171. The number of carbonyl (C=O) groups excluding carboxylic acids is 3. The van der Waals surface area contributed by atoms with E-state index in [-0.39, 0.29) is 43.1 Å². The summed E-state index contributed by atoms with van der Waals surface area (Å²) in [7, 11) is 0. The van der Waals surface area contributed by atoms with Crippen LogP contribution < -0.4 is 10.6 Å². The van der Waals surface area contributed by atoms with Gasteiger partial charge in [-0.15, -0.1) is 0 Å². The third-order valence-electron chi connectivity index (χ3n) is 5.93. The fraction of sp³-hybridized carbons (Fsp3) is 0.333. The number of anilines is 1. The zero-order chi connectivity index (χ0) is 27.8. The van der Waals surface area contributed by atoms with Crippen molar-refractivity contribution in [2.75, 3.05) is 11.9 Å². The molecule has 2 aromatic rings. The van der Waals surface area contributed by atoms with Gasteiger partial charge in [0.25, 0.3) is 0 Å². The van der Waals surface area contributed by atoms with Gasteiger partial charge in [-0.3, -0.25) is 19.2 Å². The van der Waals surface area contributed by atoms with Gasteiger partial charge in [0.05, 0.1) is 22.2 Å². The summed E-state index contributed by atoms with van der Waals surface area (Å²) in [6.45, 7) is -0.0791. The second kappa shape index (κ2) is 13.1. The Kier molecular flexibility index (Phi) is 9.89. The fourth-order valence-electron chi connectivity index (χ4n) is 3.99. The number of benzene rings is 2. The molecule has 14 heteroatoms. The van der Waals surface area contributed by atoms with E-state index in [1.165, 1.54) is 17.0 Å². The first kappa shape index (κ1) is 28.7. The van der Waals surface area contributed by atoms with Crippen molar-refractivity contribution >= 4 is 52.6 Å². The molecule has 3 amide bonds. The molecule has 0 aliphatic carbocycles. The van der Waals surface area contributed by atoms with Gasteiger partial charge >= 0.3 is 5.97 Å². The molecule has 1 aliphatic heterocycles. The van der Waals surface area contributed by atoms with Crippen molar-refractivity contribution in [1.82, 2.24) is 10.2 Å². The van der Waals surface area contributed by atoms with Gasteiger partial charge in [0.2, 0.25) is 17.7 Å². The fourth-order valence-corrected chi connectivity index (χ4v) is 4.30. The number of azide groups is 1. The number of rotatable bonds is 10. The Morgan fingerprint density at radius 1 is 1.16 bits per heavy atom. The summed E-state index contributed by atoms with van der Waals surface area (Å²) in [5, 5.41) is 16.8. The molecule has 0 aromatic heterocycles. The maximum Gasteiger partial charge on any atom is 0.303 e. The van der Waals surface area contributed by atoms with Crippen LogP contribution in [0.15, 0.2) is 41.5 Å². The molecule has 38 heavy (non-hydrogen) atoms. The summed E-state index contributed by atoms with van der Waals surface area (Å²) in [6, 6.07) is 7.38. The first-order valence-corrected chi connectivity index (χ1v) is 12.2. The van der Waals surface area contributed by atoms with E-state index in [9.17, 15) is 23.6 Å². The Bertz CT molecular complexity index is 1300. The maximum absolute atomic E-state index is 14.5. The number of hydrogen-bond donors (Lipinski definition) is 3. The Hall–Kier alpha value is -3.86. The summed E-state index contributed by atoms with van der Waals surface area (Å²) >= 11 is 11.6. The third-order valence-corrected chi connectivity index (χ3v) is 6.71. The highest BCUT2D eigenvalue weighted by molar-refractivity contribution is 6.42. The molecule has 2 unspecified atom stereocenters. The standard InChI is InChI=1S/C24H23Cl2FN6O5/c25-15-5-6-16(22(27)21(15)26)30-23(37)17(9-10-29-32-28)31-24(38)18-11-13-3-1-2-4-14(13)12-33(18)19(34)7-8-20(35)36/h1-6,17-18H,7-12H2,(H,30,37)(H,31,38)(H,35,36). The smallest absolute Gasteiger partial charge is 0.303 e. The Morgan fingerprint density at radius 2 is 1.87 bits per heavy atom. The van der Waals surface area contributed by atoms with E-state index in [0.717, 1.165) is 11.1 Å². The van der Waals surface area contributed by atoms with Crippen LogP contribution in [0.3, 0.4) is 0 Å². The molecule has 0 bridgehead atoms. The van der Waals surface area contributed by atoms with Crippen molar-refractivity contribution < 1.29 is 28.7 Å². The third kappa shape index (κ3) is 7.12. The van der Waals surface area contributed by atoms with Crippen molar-refractivity contribution in [3.8, 4) is 0 Å². The largest absolute Gasteiger partial charge is 0.481 e. The monoisotopic (exact) mass is 564 g/mol. The number of hydrogen-bond acceptors (Lipinski definition) is 5. The molecule has 0 fully saturated rings. The molecule has 3 N–H and O–H groups in total. The molecule has 2 atom stereocenters. The maximum atomic E-state index is 14.5. The number of nitrogens with one attached hydrogen (secondary N) is 2. The zero-order valence-electron chi connectivity index (χ0n) is 19.9. The molecule has 0 spiro atoms. The molecule has 2 aromatic carbocycles. The SMILES string of the molecule is [N-]=[N+]=NCCC(NC(=O)C1Cc2ccccc2CN1C(=O)CCC(=O)O)C(=O)Nc1ccc(Cl)c(Cl)c1F. The van der Waals surface area contributed by atoms with E-state index >= 15 is 0 Å². The molecule has 1 heterocycles. The van der Waals surface area contributed by atoms with Crippen LogP contribution in [0.1, 0.15) is 30.4 Å². The second-order valence-corrected chi connectivity index (χ2v) is 9.21. The molecule has 0 saturated heterocycles. The average molecular weight is 565 g/mol. The van der Waals surface area contributed by atoms with Gasteiger partial charge in [-0.1, -0.05) is 52.6 Å². The predicted molar refractivity (Wildman–Crippen MR) is 137 cm³/mol. The van der Waals surface area contributed by atoms with E-state index in [0.29, 0.717) is 0 Å². The van der Waals surface area contributed by atoms with Crippen LogP contribution >= 0.6 is 23.2 Å². The highest BCUT2D eigenvalue weighted by Crippen LogP contribution is 2.30. The average Bonchev–Trinajstić information content (AvgIpc) is 2.90. The van der Waals surface area contributed by atoms with E-state index in [4.69, 9.17) is 33.8 Å². The molecule has 3 rings (SSSR count). The van der Waals surface area contributed by atoms with Crippen LogP contribution in [0.2, 0.25) is 10.0 Å². The van der Waals surface area contributed by atoms with Crippen LogP contribution in [-0.2, 0) is 32.1 Å². The molecule has 11 nitrogen and oxygen atoms in total. The Morgan fingerprint density at radius 3 is 2.55 bits per heavy atom. The molecular formula is C24H23Cl2FN6O5. The number of carboxylic acid groups (broad SMARTS) is 1. The lowest BCUT2D eigenvalue weighted by atomic mass is 9.92. The lowest BCUT2D eigenvalue weighted by Crippen LogP contribution is -2.56. The normalized spacial score (nSPS) is 15.0. The number of halogens is 3. The van der Waals surface area contributed by atoms with Gasteiger partial charge in [0.1, 0.15) is 12.1 Å². The van der Waals surface area contributed by atoms with Crippen molar-refractivity contribution in [1.29, 1.82) is 0 Å². The summed E-state index contributed by atoms with van der Waals surface area (Å²) in [5.41, 5.74) is 9.98. The Balaban J connectivity index is 1.84. The molecule has 1 aliphatic rings. The molecule has 0 radical (unpaired) electrons. The summed E-state index contributed by atoms with van der Waals surface area (Å²) in [4.78, 5) is 54.2. The summed E-state index contributed by atoms with van der Waals surface area (Å²) in [6.07, 6.45) is -0.704. The van der Waals surface area contributed by atoms with E-state index in [2.05, 4.69) is 20.7 Å². The number of aliphatic carboxylic acids is 1. The van der Waals surface area contributed by atoms with Crippen LogP contribution in [-0.4, -0.2) is 52.3 Å². The van der Waals surface area contributed by atoms with Crippen molar-refractivity contribution in [3.63, 3.8) is 0 Å². The van der Waals surface area contributed by atoms with Crippen molar-refractivity contribution in [2.45, 2.75) is 44.3 Å². The minimum atomic E-state index is -1.27. The second-order valence-electron chi connectivity index (χ2n) is 8.42. The number of amides is 3. The number of nitrogens with zero attached hydrogens (tertiary/aromatic N) is 4. The summed E-state index contributed by atoms with van der Waals surface area (Å²) < 4.78 is 14.5. The van der Waals surface area contributed by atoms with Gasteiger partial charge in [0.15, 0.2) is 5.82 Å². The van der Waals surface area contributed by atoms with Gasteiger partial charge < -0.3 is 20.6 Å². The van der Waals surface area contributed by atoms with E-state index in [1.54, 1.807) is 12.1 Å². The van der Waals surface area contributed by atoms with Gasteiger partial charge in [-0.2, -0.15) is 0 Å². The van der Waals surface area contributed by atoms with Crippen molar-refractivity contribution in [3.05, 3.63) is 73.8 Å². The van der Waals surface area contributed by atoms with Gasteiger partial charge in [0, 0.05) is 30.8 Å². The first-order chi connectivity index (χ1) is 18.1. The van der Waals surface area contributed by atoms with Gasteiger partial charge in [-0.05, 0) is 35.2 Å². The molecular weight excluding hydrogens is 542 g/mol.